The van der Waals surface area contributed by atoms with E-state index in [0.29, 0.717) is 0 Å². The van der Waals surface area contributed by atoms with Crippen molar-refractivity contribution in [2.75, 3.05) is 0 Å². The van der Waals surface area contributed by atoms with Crippen LogP contribution in [0.5, 0.6) is 0 Å². The normalized spacial score (nSPS) is 10.0. The molecule has 0 amide bonds. The molecule has 0 nitrogen and oxygen atoms in total. The largest absolute Gasteiger partial charge is 0.777 e. The van der Waals surface area contributed by atoms with Gasteiger partial charge < -0.3 is 25.3 Å². The minimum absolute atomic E-state index is 0. The van der Waals surface area contributed by atoms with Crippen LogP contribution in [0.2, 0.25) is 50.2 Å². The molecule has 2 rings (SSSR count). The van der Waals surface area contributed by atoms with E-state index < -0.39 is 0 Å². The first-order chi connectivity index (χ1) is 10.9. The molecule has 0 aliphatic carbocycles. The van der Waals surface area contributed by atoms with Crippen LogP contribution in [-0.4, -0.2) is 0 Å². The second kappa shape index (κ2) is 11.6. The van der Waals surface area contributed by atoms with Gasteiger partial charge in [0.05, 0.1) is 30.1 Å². The molecule has 0 fully saturated rings. The molecule has 25 heavy (non-hydrogen) atoms. The second-order valence-electron chi connectivity index (χ2n) is 3.80. The predicted molar refractivity (Wildman–Crippen MR) is 114 cm³/mol. The Morgan fingerprint density at radius 3 is 0.600 bits per heavy atom. The standard InChI is InChI=1S/2C6HCl5S.Zn/c2*7-1-2(8)4(10)6(12)5(11)3(1)9;/h2*12H;/p-2. The van der Waals surface area contributed by atoms with Crippen molar-refractivity contribution in [2.45, 2.75) is 9.79 Å². The molecule has 0 saturated heterocycles. The maximum atomic E-state index is 5.70. The summed E-state index contributed by atoms with van der Waals surface area (Å²) in [6.45, 7) is 0. The average molecular weight is 628 g/mol. The molecule has 0 aliphatic heterocycles. The Bertz CT molecular complexity index is 534. The van der Waals surface area contributed by atoms with Gasteiger partial charge in [0.1, 0.15) is 0 Å². The van der Waals surface area contributed by atoms with E-state index in [9.17, 15) is 0 Å². The molecule has 0 bridgehead atoms. The molecular weight excluding hydrogens is 628 g/mol. The topological polar surface area (TPSA) is 0 Å². The van der Waals surface area contributed by atoms with Crippen molar-refractivity contribution in [3.05, 3.63) is 50.2 Å². The Morgan fingerprint density at radius 1 is 0.320 bits per heavy atom. The first-order valence-corrected chi connectivity index (χ1v) is 9.89. The van der Waals surface area contributed by atoms with E-state index in [1.807, 2.05) is 0 Å². The van der Waals surface area contributed by atoms with Crippen molar-refractivity contribution in [3.8, 4) is 0 Å². The second-order valence-corrected chi connectivity index (χ2v) is 8.39. The van der Waals surface area contributed by atoms with Gasteiger partial charge in [-0.25, -0.2) is 0 Å². The minimum atomic E-state index is 0. The first kappa shape index (κ1) is 27.4. The van der Waals surface area contributed by atoms with E-state index in [1.54, 1.807) is 0 Å². The smallest absolute Gasteiger partial charge is 0.0807 e. The van der Waals surface area contributed by atoms with Gasteiger partial charge in [-0.05, 0) is 0 Å². The zero-order valence-corrected chi connectivity index (χ0v) is 23.5. The van der Waals surface area contributed by atoms with Gasteiger partial charge in [-0.1, -0.05) is 116 Å². The summed E-state index contributed by atoms with van der Waals surface area (Å²) in [5, 5.41) is 1.43. The van der Waals surface area contributed by atoms with Gasteiger partial charge in [0.15, 0.2) is 0 Å². The third kappa shape index (κ3) is 6.19. The van der Waals surface area contributed by atoms with Crippen molar-refractivity contribution in [1.82, 2.24) is 0 Å². The third-order valence-electron chi connectivity index (χ3n) is 2.34. The van der Waals surface area contributed by atoms with E-state index in [4.69, 9.17) is 141 Å². The fourth-order valence-electron chi connectivity index (χ4n) is 1.17. The van der Waals surface area contributed by atoms with Crippen molar-refractivity contribution in [2.24, 2.45) is 0 Å². The van der Waals surface area contributed by atoms with E-state index in [1.165, 1.54) is 0 Å². The fraction of sp³-hybridized carbons (Fsp3) is 0. The molecule has 2 aromatic rings. The summed E-state index contributed by atoms with van der Waals surface area (Å²) < 4.78 is 0. The SMILES string of the molecule is [S-]c1c(Cl)c(Cl)c(Cl)c(Cl)c1Cl.[S-]c1c(Cl)c(Cl)c(Cl)c(Cl)c1Cl.[Zn]. The molecule has 0 heterocycles. The molecule has 0 radical (unpaired) electrons. The fourth-order valence-corrected chi connectivity index (χ4v) is 4.08. The Labute approximate surface area is 218 Å². The Hall–Kier alpha value is 2.40. The molecule has 0 aromatic heterocycles. The van der Waals surface area contributed by atoms with Crippen LogP contribution in [0.3, 0.4) is 0 Å². The van der Waals surface area contributed by atoms with Gasteiger partial charge in [0.2, 0.25) is 0 Å². The number of hydrogen-bond donors (Lipinski definition) is 0. The molecule has 2 aromatic carbocycles. The molecule has 0 saturated carbocycles. The zero-order valence-electron chi connectivity index (χ0n) is 11.3. The number of hydrogen-bond acceptors (Lipinski definition) is 2. The van der Waals surface area contributed by atoms with Gasteiger partial charge in [-0.2, -0.15) is 0 Å². The minimum Gasteiger partial charge on any atom is -0.777 e. The zero-order chi connectivity index (χ0) is 18.9. The van der Waals surface area contributed by atoms with E-state index in [2.05, 4.69) is 0 Å². The Balaban J connectivity index is 0.000000443. The molecule has 13 heteroatoms. The molecule has 0 spiro atoms. The number of benzene rings is 2. The van der Waals surface area contributed by atoms with Crippen LogP contribution in [-0.2, 0) is 44.7 Å². The van der Waals surface area contributed by atoms with Crippen LogP contribution in [0.4, 0.5) is 0 Å². The number of halogens is 10. The molecule has 0 atom stereocenters. The van der Waals surface area contributed by atoms with Crippen LogP contribution < -0.4 is 0 Å². The van der Waals surface area contributed by atoms with Crippen LogP contribution in [0.25, 0.3) is 0 Å². The van der Waals surface area contributed by atoms with Crippen molar-refractivity contribution < 1.29 is 19.5 Å². The van der Waals surface area contributed by atoms with Gasteiger partial charge in [0, 0.05) is 39.6 Å². The van der Waals surface area contributed by atoms with Crippen LogP contribution in [0.1, 0.15) is 0 Å². The summed E-state index contributed by atoms with van der Waals surface area (Å²) in [6, 6.07) is 0. The average Bonchev–Trinajstić information content (AvgIpc) is 2.58. The molecule has 134 valence electrons. The van der Waals surface area contributed by atoms with Crippen molar-refractivity contribution in [3.63, 3.8) is 0 Å². The Kier molecular flexibility index (Phi) is 12.7. The maximum Gasteiger partial charge on any atom is 0.0807 e. The van der Waals surface area contributed by atoms with Crippen LogP contribution in [0.15, 0.2) is 9.79 Å². The van der Waals surface area contributed by atoms with Crippen molar-refractivity contribution in [1.29, 1.82) is 0 Å². The molecule has 0 N–H and O–H groups in total. The monoisotopic (exact) mass is 622 g/mol. The maximum absolute atomic E-state index is 5.70. The summed E-state index contributed by atoms with van der Waals surface area (Å²) in [5.74, 6) is 0. The summed E-state index contributed by atoms with van der Waals surface area (Å²) in [6.07, 6.45) is 0. The van der Waals surface area contributed by atoms with E-state index in [-0.39, 0.29) is 79.5 Å². The van der Waals surface area contributed by atoms with Crippen molar-refractivity contribution >= 4 is 141 Å². The summed E-state index contributed by atoms with van der Waals surface area (Å²) in [5.41, 5.74) is 0. The van der Waals surface area contributed by atoms with Crippen LogP contribution in [0, 0.1) is 0 Å². The molecule has 0 unspecified atom stereocenters. The van der Waals surface area contributed by atoms with Gasteiger partial charge in [-0.15, -0.1) is 9.79 Å². The summed E-state index contributed by atoms with van der Waals surface area (Å²) in [7, 11) is 0. The van der Waals surface area contributed by atoms with Gasteiger partial charge >= 0.3 is 0 Å². The Morgan fingerprint density at radius 2 is 0.440 bits per heavy atom. The first-order valence-electron chi connectivity index (χ1n) is 5.30. The van der Waals surface area contributed by atoms with E-state index in [0.717, 1.165) is 0 Å². The number of rotatable bonds is 0. The van der Waals surface area contributed by atoms with Crippen LogP contribution >= 0.6 is 116 Å². The summed E-state index contributed by atoms with van der Waals surface area (Å²) in [4.78, 5) is 0.440. The van der Waals surface area contributed by atoms with E-state index >= 15 is 0 Å². The quantitative estimate of drug-likeness (QED) is 0.123. The third-order valence-corrected chi connectivity index (χ3v) is 8.16. The predicted octanol–water partition coefficient (Wildman–Crippen LogP) is 9.72. The molecule has 0 aliphatic rings. The molecular formula is C12Cl10S2Zn-2. The summed E-state index contributed by atoms with van der Waals surface area (Å²) >= 11 is 66.6. The van der Waals surface area contributed by atoms with Gasteiger partial charge in [0.25, 0.3) is 0 Å². The van der Waals surface area contributed by atoms with Gasteiger partial charge in [-0.3, -0.25) is 0 Å².